The minimum absolute atomic E-state index is 0.502. The summed E-state index contributed by atoms with van der Waals surface area (Å²) in [6.07, 6.45) is 4.15. The molecule has 0 aliphatic carbocycles. The number of para-hydroxylation sites is 1. The molecule has 0 saturated heterocycles. The summed E-state index contributed by atoms with van der Waals surface area (Å²) < 4.78 is 0. The lowest BCUT2D eigenvalue weighted by Gasteiger charge is -2.31. The van der Waals surface area contributed by atoms with Crippen molar-refractivity contribution in [3.8, 4) is 0 Å². The first kappa shape index (κ1) is 11.5. The van der Waals surface area contributed by atoms with Crippen molar-refractivity contribution in [2.24, 2.45) is 0 Å². The fourth-order valence-corrected chi connectivity index (χ4v) is 2.74. The van der Waals surface area contributed by atoms with E-state index in [4.69, 9.17) is 11.6 Å². The van der Waals surface area contributed by atoms with Gasteiger partial charge in [-0.3, -0.25) is 0 Å². The summed E-state index contributed by atoms with van der Waals surface area (Å²) >= 11 is 6.01. The predicted molar refractivity (Wildman–Crippen MR) is 75.6 cm³/mol. The van der Waals surface area contributed by atoms with Crippen molar-refractivity contribution in [1.82, 2.24) is 4.98 Å². The summed E-state index contributed by atoms with van der Waals surface area (Å²) in [7, 11) is 0. The fraction of sp³-hybridized carbons (Fsp3) is 0.267. The van der Waals surface area contributed by atoms with Gasteiger partial charge in [0.2, 0.25) is 0 Å². The number of hydrogen-bond acceptors (Lipinski definition) is 2. The van der Waals surface area contributed by atoms with Crippen molar-refractivity contribution < 1.29 is 0 Å². The lowest BCUT2D eigenvalue weighted by molar-refractivity contribution is 0.757. The second-order valence-corrected chi connectivity index (χ2v) is 4.77. The van der Waals surface area contributed by atoms with Crippen LogP contribution in [-0.2, 0) is 12.3 Å². The zero-order valence-electron chi connectivity index (χ0n) is 10.1. The van der Waals surface area contributed by atoms with Gasteiger partial charge in [-0.1, -0.05) is 24.3 Å². The Balaban J connectivity index is 2.08. The second kappa shape index (κ2) is 4.99. The average molecular weight is 259 g/mol. The average Bonchev–Trinajstić information content (AvgIpc) is 2.46. The topological polar surface area (TPSA) is 16.1 Å². The Morgan fingerprint density at radius 3 is 2.94 bits per heavy atom. The molecule has 0 N–H and O–H groups in total. The first-order chi connectivity index (χ1) is 8.90. The largest absolute Gasteiger partial charge is 0.326 e. The van der Waals surface area contributed by atoms with Gasteiger partial charge in [0.25, 0.3) is 0 Å². The van der Waals surface area contributed by atoms with Gasteiger partial charge in [0.1, 0.15) is 5.82 Å². The Morgan fingerprint density at radius 1 is 1.17 bits per heavy atom. The number of hydrogen-bond donors (Lipinski definition) is 0. The number of alkyl halides is 1. The summed E-state index contributed by atoms with van der Waals surface area (Å²) in [5.74, 6) is 1.50. The molecule has 0 unspecified atom stereocenters. The highest BCUT2D eigenvalue weighted by Gasteiger charge is 2.20. The third-order valence-electron chi connectivity index (χ3n) is 3.38. The van der Waals surface area contributed by atoms with Crippen LogP contribution in [0, 0.1) is 0 Å². The van der Waals surface area contributed by atoms with Gasteiger partial charge in [-0.05, 0) is 30.5 Å². The van der Waals surface area contributed by atoms with E-state index in [0.717, 1.165) is 30.8 Å². The van der Waals surface area contributed by atoms with E-state index >= 15 is 0 Å². The van der Waals surface area contributed by atoms with E-state index in [-0.39, 0.29) is 0 Å². The fourth-order valence-electron chi connectivity index (χ4n) is 2.53. The Kier molecular flexibility index (Phi) is 3.20. The van der Waals surface area contributed by atoms with Crippen LogP contribution < -0.4 is 4.90 Å². The van der Waals surface area contributed by atoms with Crippen LogP contribution in [0.4, 0.5) is 11.5 Å². The molecule has 0 bridgehead atoms. The molecule has 0 radical (unpaired) electrons. The van der Waals surface area contributed by atoms with Crippen LogP contribution in [0.3, 0.4) is 0 Å². The standard InChI is InChI=1S/C15H15ClN2/c16-11-13-6-3-9-17-15(13)18-10-4-7-12-5-1-2-8-14(12)18/h1-3,5-6,8-9H,4,7,10-11H2. The van der Waals surface area contributed by atoms with E-state index < -0.39 is 0 Å². The summed E-state index contributed by atoms with van der Waals surface area (Å²) in [4.78, 5) is 6.80. The molecular weight excluding hydrogens is 244 g/mol. The number of anilines is 2. The maximum Gasteiger partial charge on any atom is 0.137 e. The molecule has 0 amide bonds. The molecule has 0 saturated carbocycles. The van der Waals surface area contributed by atoms with Crippen LogP contribution >= 0.6 is 11.6 Å². The van der Waals surface area contributed by atoms with Crippen LogP contribution in [0.1, 0.15) is 17.5 Å². The van der Waals surface area contributed by atoms with E-state index in [1.807, 2.05) is 18.3 Å². The van der Waals surface area contributed by atoms with Gasteiger partial charge in [0, 0.05) is 24.0 Å². The van der Waals surface area contributed by atoms with Gasteiger partial charge in [-0.25, -0.2) is 4.98 Å². The van der Waals surface area contributed by atoms with E-state index in [2.05, 4.69) is 34.1 Å². The van der Waals surface area contributed by atoms with Gasteiger partial charge >= 0.3 is 0 Å². The summed E-state index contributed by atoms with van der Waals surface area (Å²) in [5, 5.41) is 0. The van der Waals surface area contributed by atoms with Crippen LogP contribution in [0.15, 0.2) is 42.6 Å². The Bertz CT molecular complexity index is 554. The molecule has 18 heavy (non-hydrogen) atoms. The van der Waals surface area contributed by atoms with Gasteiger partial charge in [0.05, 0.1) is 5.88 Å². The molecule has 3 rings (SSSR count). The van der Waals surface area contributed by atoms with Crippen molar-refractivity contribution in [2.45, 2.75) is 18.7 Å². The van der Waals surface area contributed by atoms with E-state index in [1.165, 1.54) is 11.3 Å². The van der Waals surface area contributed by atoms with Gasteiger partial charge in [0.15, 0.2) is 0 Å². The number of nitrogens with zero attached hydrogens (tertiary/aromatic N) is 2. The molecule has 1 aromatic carbocycles. The lowest BCUT2D eigenvalue weighted by Crippen LogP contribution is -2.26. The van der Waals surface area contributed by atoms with E-state index in [1.54, 1.807) is 0 Å². The highest BCUT2D eigenvalue weighted by Crippen LogP contribution is 2.34. The van der Waals surface area contributed by atoms with Crippen molar-refractivity contribution in [1.29, 1.82) is 0 Å². The lowest BCUT2D eigenvalue weighted by atomic mass is 10.0. The maximum absolute atomic E-state index is 6.01. The highest BCUT2D eigenvalue weighted by atomic mass is 35.5. The molecule has 2 nitrogen and oxygen atoms in total. The Hall–Kier alpha value is -1.54. The number of pyridine rings is 1. The van der Waals surface area contributed by atoms with E-state index in [9.17, 15) is 0 Å². The molecule has 0 fully saturated rings. The minimum atomic E-state index is 0.502. The predicted octanol–water partition coefficient (Wildman–Crippen LogP) is 3.90. The van der Waals surface area contributed by atoms with Crippen molar-refractivity contribution in [3.05, 3.63) is 53.7 Å². The first-order valence-corrected chi connectivity index (χ1v) is 6.79. The number of aryl methyl sites for hydroxylation is 1. The number of rotatable bonds is 2. The summed E-state index contributed by atoms with van der Waals surface area (Å²) in [6.45, 7) is 1.01. The van der Waals surface area contributed by atoms with Crippen molar-refractivity contribution in [3.63, 3.8) is 0 Å². The molecule has 0 spiro atoms. The summed E-state index contributed by atoms with van der Waals surface area (Å²) in [5.41, 5.74) is 3.76. The molecule has 1 aromatic heterocycles. The molecule has 1 aliphatic rings. The molecular formula is C15H15ClN2. The number of fused-ring (bicyclic) bond motifs is 1. The molecule has 3 heteroatoms. The molecule has 1 aliphatic heterocycles. The van der Waals surface area contributed by atoms with Crippen LogP contribution in [0.2, 0.25) is 0 Å². The number of aromatic nitrogens is 1. The van der Waals surface area contributed by atoms with Crippen LogP contribution in [0.5, 0.6) is 0 Å². The minimum Gasteiger partial charge on any atom is -0.326 e. The number of halogens is 1. The van der Waals surface area contributed by atoms with Gasteiger partial charge in [-0.2, -0.15) is 0 Å². The smallest absolute Gasteiger partial charge is 0.137 e. The highest BCUT2D eigenvalue weighted by molar-refractivity contribution is 6.17. The number of benzene rings is 1. The van der Waals surface area contributed by atoms with Crippen molar-refractivity contribution in [2.75, 3.05) is 11.4 Å². The molecule has 92 valence electrons. The quantitative estimate of drug-likeness (QED) is 0.760. The SMILES string of the molecule is ClCc1cccnc1N1CCCc2ccccc21. The summed E-state index contributed by atoms with van der Waals surface area (Å²) in [6, 6.07) is 12.5. The zero-order valence-corrected chi connectivity index (χ0v) is 10.9. The van der Waals surface area contributed by atoms with Gasteiger partial charge in [-0.15, -0.1) is 11.6 Å². The van der Waals surface area contributed by atoms with Crippen LogP contribution in [-0.4, -0.2) is 11.5 Å². The Morgan fingerprint density at radius 2 is 2.06 bits per heavy atom. The normalized spacial score (nSPS) is 14.4. The molecule has 2 heterocycles. The second-order valence-electron chi connectivity index (χ2n) is 4.50. The third-order valence-corrected chi connectivity index (χ3v) is 3.67. The van der Waals surface area contributed by atoms with Crippen molar-refractivity contribution >= 4 is 23.1 Å². The zero-order chi connectivity index (χ0) is 12.4. The monoisotopic (exact) mass is 258 g/mol. The van der Waals surface area contributed by atoms with E-state index in [0.29, 0.717) is 5.88 Å². The first-order valence-electron chi connectivity index (χ1n) is 6.25. The Labute approximate surface area is 112 Å². The third kappa shape index (κ3) is 1.97. The maximum atomic E-state index is 6.01. The molecule has 0 atom stereocenters. The molecule has 2 aromatic rings. The van der Waals surface area contributed by atoms with Gasteiger partial charge < -0.3 is 4.90 Å². The van der Waals surface area contributed by atoms with Crippen LogP contribution in [0.25, 0.3) is 0 Å².